The Morgan fingerprint density at radius 1 is 1.29 bits per heavy atom. The lowest BCUT2D eigenvalue weighted by Gasteiger charge is -2.20. The number of hydrogen-bond acceptors (Lipinski definition) is 4. The van der Waals surface area contributed by atoms with Gasteiger partial charge >= 0.3 is 0 Å². The number of hydrogen-bond donors (Lipinski definition) is 1. The van der Waals surface area contributed by atoms with Gasteiger partial charge in [0.1, 0.15) is 0 Å². The predicted octanol–water partition coefficient (Wildman–Crippen LogP) is 4.27. The van der Waals surface area contributed by atoms with E-state index in [1.807, 2.05) is 24.3 Å². The molecule has 1 aromatic heterocycles. The topological polar surface area (TPSA) is 51.0 Å². The van der Waals surface area contributed by atoms with Gasteiger partial charge in [0.05, 0.1) is 10.9 Å². The quantitative estimate of drug-likeness (QED) is 0.830. The highest BCUT2D eigenvalue weighted by atomic mass is 35.5. The Labute approximate surface area is 130 Å². The summed E-state index contributed by atoms with van der Waals surface area (Å²) in [6, 6.07) is 7.86. The number of halogens is 1. The largest absolute Gasteiger partial charge is 0.339 e. The minimum Gasteiger partial charge on any atom is -0.339 e. The Morgan fingerprint density at radius 3 is 2.71 bits per heavy atom. The first-order valence-corrected chi connectivity index (χ1v) is 7.87. The molecule has 0 aliphatic heterocycles. The van der Waals surface area contributed by atoms with Crippen molar-refractivity contribution in [2.75, 3.05) is 6.54 Å². The van der Waals surface area contributed by atoms with E-state index in [1.165, 1.54) is 0 Å². The third-order valence-electron chi connectivity index (χ3n) is 3.65. The van der Waals surface area contributed by atoms with Crippen LogP contribution in [-0.4, -0.2) is 22.7 Å². The van der Waals surface area contributed by atoms with E-state index < -0.39 is 0 Å². The van der Waals surface area contributed by atoms with Crippen molar-refractivity contribution >= 4 is 11.6 Å². The first-order valence-electron chi connectivity index (χ1n) is 7.49. The van der Waals surface area contributed by atoms with Gasteiger partial charge in [-0.05, 0) is 31.5 Å². The van der Waals surface area contributed by atoms with Crippen LogP contribution in [0.2, 0.25) is 5.02 Å². The van der Waals surface area contributed by atoms with E-state index in [9.17, 15) is 0 Å². The molecule has 1 heterocycles. The highest BCUT2D eigenvalue weighted by Crippen LogP contribution is 2.27. The van der Waals surface area contributed by atoms with E-state index in [0.717, 1.165) is 24.9 Å². The molecule has 114 valence electrons. The molecule has 4 nitrogen and oxygen atoms in total. The minimum absolute atomic E-state index is 0.172. The Morgan fingerprint density at radius 2 is 2.05 bits per heavy atom. The molecule has 2 aromatic rings. The van der Waals surface area contributed by atoms with Crippen LogP contribution in [0.3, 0.4) is 0 Å². The standard InChI is InChI=1S/C16H22ClN3O/c1-4-10-18-14(5-2)11(3)16-19-15(20-21-16)12-8-6-7-9-13(12)17/h6-9,11,14,18H,4-5,10H2,1-3H3. The summed E-state index contributed by atoms with van der Waals surface area (Å²) in [4.78, 5) is 4.52. The summed E-state index contributed by atoms with van der Waals surface area (Å²) in [5.41, 5.74) is 0.802. The van der Waals surface area contributed by atoms with Crippen molar-refractivity contribution in [3.8, 4) is 11.4 Å². The smallest absolute Gasteiger partial charge is 0.231 e. The Bertz CT molecular complexity index is 570. The summed E-state index contributed by atoms with van der Waals surface area (Å²) in [7, 11) is 0. The summed E-state index contributed by atoms with van der Waals surface area (Å²) >= 11 is 6.17. The van der Waals surface area contributed by atoms with Gasteiger partial charge in [0.15, 0.2) is 0 Å². The van der Waals surface area contributed by atoms with Gasteiger partial charge in [-0.2, -0.15) is 4.98 Å². The van der Waals surface area contributed by atoms with Crippen molar-refractivity contribution in [1.82, 2.24) is 15.5 Å². The van der Waals surface area contributed by atoms with Gasteiger partial charge in [0, 0.05) is 11.6 Å². The lowest BCUT2D eigenvalue weighted by atomic mass is 9.99. The second-order valence-corrected chi connectivity index (χ2v) is 5.60. The van der Waals surface area contributed by atoms with Crippen LogP contribution in [-0.2, 0) is 0 Å². The third-order valence-corrected chi connectivity index (χ3v) is 3.98. The molecule has 0 bridgehead atoms. The molecule has 0 amide bonds. The summed E-state index contributed by atoms with van der Waals surface area (Å²) in [5.74, 6) is 1.37. The molecule has 1 N–H and O–H groups in total. The fraction of sp³-hybridized carbons (Fsp3) is 0.500. The zero-order valence-electron chi connectivity index (χ0n) is 12.8. The molecule has 1 aromatic carbocycles. The molecular formula is C16H22ClN3O. The van der Waals surface area contributed by atoms with Gasteiger partial charge in [-0.3, -0.25) is 0 Å². The van der Waals surface area contributed by atoms with Crippen LogP contribution in [0.4, 0.5) is 0 Å². The molecule has 0 saturated heterocycles. The van der Waals surface area contributed by atoms with Crippen molar-refractivity contribution in [2.45, 2.75) is 45.6 Å². The molecule has 0 saturated carbocycles. The van der Waals surface area contributed by atoms with E-state index in [-0.39, 0.29) is 5.92 Å². The fourth-order valence-electron chi connectivity index (χ4n) is 2.35. The number of nitrogens with one attached hydrogen (secondary N) is 1. The molecule has 0 fully saturated rings. The molecule has 0 aliphatic carbocycles. The normalized spacial score (nSPS) is 14.1. The van der Waals surface area contributed by atoms with E-state index in [2.05, 4.69) is 36.2 Å². The average Bonchev–Trinajstić information content (AvgIpc) is 2.98. The summed E-state index contributed by atoms with van der Waals surface area (Å²) < 4.78 is 5.44. The van der Waals surface area contributed by atoms with Crippen molar-refractivity contribution in [3.63, 3.8) is 0 Å². The Kier molecular flexibility index (Phi) is 5.76. The summed E-state index contributed by atoms with van der Waals surface area (Å²) in [5, 5.41) is 8.22. The molecule has 2 unspecified atom stereocenters. The van der Waals surface area contributed by atoms with Crippen molar-refractivity contribution < 1.29 is 4.52 Å². The van der Waals surface area contributed by atoms with Crippen LogP contribution in [0.5, 0.6) is 0 Å². The SMILES string of the molecule is CCCNC(CC)C(C)c1nc(-c2ccccc2Cl)no1. The first-order chi connectivity index (χ1) is 10.2. The Balaban J connectivity index is 2.17. The zero-order chi connectivity index (χ0) is 15.2. The first kappa shape index (κ1) is 16.0. The third kappa shape index (κ3) is 3.83. The summed E-state index contributed by atoms with van der Waals surface area (Å²) in [6.45, 7) is 7.43. The van der Waals surface area contributed by atoms with Crippen LogP contribution in [0.1, 0.15) is 45.4 Å². The van der Waals surface area contributed by atoms with Crippen LogP contribution >= 0.6 is 11.6 Å². The number of aromatic nitrogens is 2. The highest BCUT2D eigenvalue weighted by Gasteiger charge is 2.23. The lowest BCUT2D eigenvalue weighted by molar-refractivity contribution is 0.319. The molecule has 0 aliphatic rings. The monoisotopic (exact) mass is 307 g/mol. The predicted molar refractivity (Wildman–Crippen MR) is 85.5 cm³/mol. The number of nitrogens with zero attached hydrogens (tertiary/aromatic N) is 2. The minimum atomic E-state index is 0.172. The van der Waals surface area contributed by atoms with E-state index in [1.54, 1.807) is 0 Å². The van der Waals surface area contributed by atoms with Crippen LogP contribution < -0.4 is 5.32 Å². The maximum atomic E-state index is 6.17. The molecule has 0 radical (unpaired) electrons. The molecule has 2 rings (SSSR count). The maximum Gasteiger partial charge on any atom is 0.231 e. The van der Waals surface area contributed by atoms with E-state index >= 15 is 0 Å². The van der Waals surface area contributed by atoms with Crippen molar-refractivity contribution in [3.05, 3.63) is 35.2 Å². The van der Waals surface area contributed by atoms with Gasteiger partial charge in [0.2, 0.25) is 11.7 Å². The highest BCUT2D eigenvalue weighted by molar-refractivity contribution is 6.33. The molecule has 2 atom stereocenters. The average molecular weight is 308 g/mol. The zero-order valence-corrected chi connectivity index (χ0v) is 13.5. The van der Waals surface area contributed by atoms with Gasteiger partial charge in [-0.25, -0.2) is 0 Å². The van der Waals surface area contributed by atoms with Crippen LogP contribution in [0, 0.1) is 0 Å². The van der Waals surface area contributed by atoms with Crippen molar-refractivity contribution in [1.29, 1.82) is 0 Å². The molecule has 21 heavy (non-hydrogen) atoms. The Hall–Kier alpha value is -1.39. The summed E-state index contributed by atoms with van der Waals surface area (Å²) in [6.07, 6.45) is 2.13. The van der Waals surface area contributed by atoms with Gasteiger partial charge in [0.25, 0.3) is 0 Å². The number of rotatable bonds is 7. The van der Waals surface area contributed by atoms with Gasteiger partial charge in [-0.1, -0.05) is 49.7 Å². The molecule has 0 spiro atoms. The van der Waals surface area contributed by atoms with Crippen molar-refractivity contribution in [2.24, 2.45) is 0 Å². The second-order valence-electron chi connectivity index (χ2n) is 5.19. The van der Waals surface area contributed by atoms with Gasteiger partial charge in [-0.15, -0.1) is 0 Å². The van der Waals surface area contributed by atoms with E-state index in [4.69, 9.17) is 16.1 Å². The second kappa shape index (κ2) is 7.57. The molecular weight excluding hydrogens is 286 g/mol. The van der Waals surface area contributed by atoms with Gasteiger partial charge < -0.3 is 9.84 Å². The number of benzene rings is 1. The fourth-order valence-corrected chi connectivity index (χ4v) is 2.57. The van der Waals surface area contributed by atoms with Crippen LogP contribution in [0.15, 0.2) is 28.8 Å². The molecule has 5 heteroatoms. The van der Waals surface area contributed by atoms with E-state index in [0.29, 0.717) is 22.8 Å². The van der Waals surface area contributed by atoms with Crippen LogP contribution in [0.25, 0.3) is 11.4 Å². The maximum absolute atomic E-state index is 6.17. The lowest BCUT2D eigenvalue weighted by Crippen LogP contribution is -2.33.